The third-order valence-corrected chi connectivity index (χ3v) is 23.9. The maximum atomic E-state index is 5.11. The van der Waals surface area contributed by atoms with Crippen LogP contribution in [0.5, 0.6) is 0 Å². The lowest BCUT2D eigenvalue weighted by molar-refractivity contribution is 1.17. The Labute approximate surface area is 797 Å². The summed E-state index contributed by atoms with van der Waals surface area (Å²) in [5.74, 6) is 2.02. The van der Waals surface area contributed by atoms with Crippen molar-refractivity contribution >= 4 is 32.4 Å². The first-order valence-corrected chi connectivity index (χ1v) is 45.5. The molecule has 12 heterocycles. The van der Waals surface area contributed by atoms with Gasteiger partial charge < -0.3 is 0 Å². The number of hydrogen-bond donors (Lipinski definition) is 0. The van der Waals surface area contributed by atoms with Gasteiger partial charge in [-0.2, -0.15) is 0 Å². The highest BCUT2D eigenvalue weighted by atomic mass is 14.9. The molecule has 0 atom stereocenters. The fraction of sp³-hybridized carbons (Fsp3) is 0. The molecule has 0 fully saturated rings. The normalized spacial score (nSPS) is 11.0. The number of para-hydroxylation sites is 1. The Morgan fingerprint density at radius 3 is 0.797 bits per heavy atom. The third-order valence-electron chi connectivity index (χ3n) is 23.9. The number of pyridine rings is 9. The fourth-order valence-corrected chi connectivity index (χ4v) is 16.8. The largest absolute Gasteiger partial charge is 0.254 e. The summed E-state index contributed by atoms with van der Waals surface area (Å²) in [6.07, 6.45) is 9.35. The van der Waals surface area contributed by atoms with E-state index >= 15 is 0 Å². The van der Waals surface area contributed by atoms with E-state index in [-0.39, 0.29) is 0 Å². The molecule has 0 spiro atoms. The zero-order valence-corrected chi connectivity index (χ0v) is 74.5. The number of hydrogen-bond acceptors (Lipinski definition) is 15. The maximum Gasteiger partial charge on any atom is 0.160 e. The van der Waals surface area contributed by atoms with Gasteiger partial charge in [0.1, 0.15) is 0 Å². The molecule has 15 heteroatoms. The van der Waals surface area contributed by atoms with Crippen molar-refractivity contribution in [3.8, 4) is 203 Å². The second-order valence-electron chi connectivity index (χ2n) is 33.0. The Kier molecular flexibility index (Phi) is 24.0. The van der Waals surface area contributed by atoms with E-state index in [0.717, 1.165) is 218 Å². The zero-order chi connectivity index (χ0) is 92.1. The van der Waals surface area contributed by atoms with E-state index in [1.807, 2.05) is 322 Å². The molecular weight excluding hydrogens is 1690 g/mol. The van der Waals surface area contributed by atoms with Gasteiger partial charge in [0.2, 0.25) is 0 Å². The van der Waals surface area contributed by atoms with Gasteiger partial charge >= 0.3 is 0 Å². The highest BCUT2D eigenvalue weighted by Gasteiger charge is 2.21. The van der Waals surface area contributed by atoms with Gasteiger partial charge in [-0.05, 0) is 159 Å². The van der Waals surface area contributed by atoms with E-state index in [1.54, 1.807) is 0 Å². The van der Waals surface area contributed by atoms with Crippen molar-refractivity contribution in [3.05, 3.63) is 492 Å². The molecule has 0 saturated heterocycles. The summed E-state index contributed by atoms with van der Waals surface area (Å²) in [6.45, 7) is 0. The van der Waals surface area contributed by atoms with Gasteiger partial charge in [0, 0.05) is 97.2 Å². The minimum Gasteiger partial charge on any atom is -0.254 e. The summed E-state index contributed by atoms with van der Waals surface area (Å²) in [7, 11) is 0. The van der Waals surface area contributed by atoms with Crippen molar-refractivity contribution in [1.82, 2.24) is 74.8 Å². The number of benzene rings is 12. The van der Waals surface area contributed by atoms with Crippen LogP contribution in [0.1, 0.15) is 0 Å². The molecule has 0 saturated carbocycles. The SMILES string of the molecule is c1ccc(-c2cc(-c3ccc(-c4cc(-c5ccccc5)nc(-c5ccccc5)n4)cn3)nc(-c3cc4ccccc4cn3)c2)cc1.c1ccc(-c2cc(-c3ccc(-c4cc(-c5ccccc5)nc(-c5ccccc5)n4)cn3)nc(-c3ccc4ccccc4n3)c2)cc1.c1ccc(-c2cc(-c3ccc(-c4cc(-c5ccccc5)nc(-c5ccccc5)n4)cn3)nc(-c3nccc4ccccc34)c2)cc1. The number of aromatic nitrogens is 15. The molecular formula is C123H81N15. The molecule has 12 aromatic heterocycles. The first kappa shape index (κ1) is 84.5. The lowest BCUT2D eigenvalue weighted by Crippen LogP contribution is -1.97. The molecule has 0 aliphatic heterocycles. The second-order valence-corrected chi connectivity index (χ2v) is 33.0. The highest BCUT2D eigenvalue weighted by molar-refractivity contribution is 5.95. The average molecular weight is 1770 g/mol. The summed E-state index contributed by atoms with van der Waals surface area (Å²) < 4.78 is 0. The van der Waals surface area contributed by atoms with Crippen LogP contribution in [0.2, 0.25) is 0 Å². The van der Waals surface area contributed by atoms with Gasteiger partial charge in [0.15, 0.2) is 17.5 Å². The van der Waals surface area contributed by atoms with Gasteiger partial charge in [0.25, 0.3) is 0 Å². The van der Waals surface area contributed by atoms with Gasteiger partial charge in [-0.3, -0.25) is 24.9 Å². The second kappa shape index (κ2) is 39.2. The molecule has 138 heavy (non-hydrogen) atoms. The van der Waals surface area contributed by atoms with Gasteiger partial charge in [-0.15, -0.1) is 0 Å². The Morgan fingerprint density at radius 1 is 0.123 bits per heavy atom. The van der Waals surface area contributed by atoms with Gasteiger partial charge in [-0.25, -0.2) is 49.8 Å². The number of nitrogens with zero attached hydrogens (tertiary/aromatic N) is 15. The summed E-state index contributed by atoms with van der Waals surface area (Å²) in [5, 5.41) is 5.50. The monoisotopic (exact) mass is 1770 g/mol. The maximum absolute atomic E-state index is 5.11. The van der Waals surface area contributed by atoms with Crippen molar-refractivity contribution in [1.29, 1.82) is 0 Å². The fourth-order valence-electron chi connectivity index (χ4n) is 16.8. The molecule has 0 bridgehead atoms. The summed E-state index contributed by atoms with van der Waals surface area (Å²) in [5.41, 5.74) is 30.6. The van der Waals surface area contributed by atoms with E-state index in [4.69, 9.17) is 74.8 Å². The van der Waals surface area contributed by atoms with Crippen molar-refractivity contribution in [2.45, 2.75) is 0 Å². The highest BCUT2D eigenvalue weighted by Crippen LogP contribution is 2.39. The van der Waals surface area contributed by atoms with Crippen molar-refractivity contribution in [3.63, 3.8) is 0 Å². The average Bonchev–Trinajstić information content (AvgIpc) is 0.790. The van der Waals surface area contributed by atoms with Crippen LogP contribution in [0.25, 0.3) is 236 Å². The lowest BCUT2D eigenvalue weighted by Gasteiger charge is -2.12. The van der Waals surface area contributed by atoms with Crippen LogP contribution in [0.4, 0.5) is 0 Å². The predicted molar refractivity (Wildman–Crippen MR) is 557 cm³/mol. The van der Waals surface area contributed by atoms with Gasteiger partial charge in [-0.1, -0.05) is 346 Å². The molecule has 0 N–H and O–H groups in total. The van der Waals surface area contributed by atoms with Crippen LogP contribution in [0.15, 0.2) is 492 Å². The zero-order valence-electron chi connectivity index (χ0n) is 74.5. The Bertz CT molecular complexity index is 7920. The lowest BCUT2D eigenvalue weighted by atomic mass is 10.0. The minimum absolute atomic E-state index is 0.672. The van der Waals surface area contributed by atoms with Crippen LogP contribution in [-0.4, -0.2) is 74.8 Å². The first-order valence-electron chi connectivity index (χ1n) is 45.5. The molecule has 24 rings (SSSR count). The summed E-state index contributed by atoms with van der Waals surface area (Å²) in [6, 6.07) is 155. The van der Waals surface area contributed by atoms with E-state index in [9.17, 15) is 0 Å². The van der Waals surface area contributed by atoms with Crippen molar-refractivity contribution < 1.29 is 0 Å². The minimum atomic E-state index is 0.672. The molecule has 0 unspecified atom stereocenters. The Balaban J connectivity index is 0.000000119. The summed E-state index contributed by atoms with van der Waals surface area (Å²) in [4.78, 5) is 74.1. The molecule has 0 radical (unpaired) electrons. The molecule has 648 valence electrons. The van der Waals surface area contributed by atoms with Gasteiger partial charge in [0.05, 0.1) is 108 Å². The standard InChI is InChI=1S/3C41H27N5/c1-4-12-28(13-5-1)33-24-38(44-39(25-33)40-34-19-11-10-14-29(34)22-23-42-40)35-21-20-32(27-43-35)37-26-36(30-15-6-2-7-16-30)45-41(46-37)31-17-8-3-9-18-31;1-4-12-28(13-5-1)33-24-39(44-40(25-33)36-23-20-30-16-10-11-19-34(30)43-36)35-22-21-32(27-42-35)38-26-37(29-14-6-2-7-15-29)45-41(46-38)31-17-8-3-9-18-31;1-4-12-28(13-5-1)34-23-39(44-40(24-34)38-22-31-18-10-11-19-32(31)26-43-38)35-21-20-33(27-42-35)37-25-36(29-14-6-2-7-15-29)45-41(46-37)30-16-8-3-9-17-30/h3*1-27H. The quantitative estimate of drug-likeness (QED) is 0.0787. The van der Waals surface area contributed by atoms with Crippen molar-refractivity contribution in [2.24, 2.45) is 0 Å². The molecule has 0 aliphatic rings. The van der Waals surface area contributed by atoms with Crippen LogP contribution in [0.3, 0.4) is 0 Å². The van der Waals surface area contributed by atoms with Crippen LogP contribution >= 0.6 is 0 Å². The predicted octanol–water partition coefficient (Wildman–Crippen LogP) is 29.5. The van der Waals surface area contributed by atoms with Crippen LogP contribution in [-0.2, 0) is 0 Å². The molecule has 24 aromatic rings. The van der Waals surface area contributed by atoms with Crippen LogP contribution < -0.4 is 0 Å². The van der Waals surface area contributed by atoms with E-state index in [0.29, 0.717) is 17.5 Å². The van der Waals surface area contributed by atoms with Crippen molar-refractivity contribution in [2.75, 3.05) is 0 Å². The number of rotatable bonds is 18. The smallest absolute Gasteiger partial charge is 0.160 e. The number of fused-ring (bicyclic) bond motifs is 3. The molecule has 12 aromatic carbocycles. The Hall–Kier alpha value is -19.0. The Morgan fingerprint density at radius 2 is 0.413 bits per heavy atom. The first-order chi connectivity index (χ1) is 68.3. The van der Waals surface area contributed by atoms with Crippen LogP contribution in [0, 0.1) is 0 Å². The molecule has 15 nitrogen and oxygen atoms in total. The topological polar surface area (TPSA) is 193 Å². The van der Waals surface area contributed by atoms with E-state index < -0.39 is 0 Å². The van der Waals surface area contributed by atoms with E-state index in [1.165, 1.54) is 0 Å². The van der Waals surface area contributed by atoms with E-state index in [2.05, 4.69) is 170 Å². The summed E-state index contributed by atoms with van der Waals surface area (Å²) >= 11 is 0. The third kappa shape index (κ3) is 19.0. The molecule has 0 amide bonds. The molecule has 0 aliphatic carbocycles.